The molecular weight excluding hydrogens is 372 g/mol. The van der Waals surface area contributed by atoms with Crippen LogP contribution in [-0.2, 0) is 11.8 Å². The van der Waals surface area contributed by atoms with Gasteiger partial charge in [0.1, 0.15) is 0 Å². The highest BCUT2D eigenvalue weighted by molar-refractivity contribution is 7.23. The predicted molar refractivity (Wildman–Crippen MR) is 103 cm³/mol. The summed E-state index contributed by atoms with van der Waals surface area (Å²) in [5.41, 5.74) is 1.87. The molecule has 1 fully saturated rings. The van der Waals surface area contributed by atoms with Crippen LogP contribution in [0.25, 0.3) is 10.2 Å². The molecule has 3 aromatic rings. The zero-order valence-electron chi connectivity index (χ0n) is 14.6. The third-order valence-electron chi connectivity index (χ3n) is 4.58. The molecule has 1 amide bonds. The smallest absolute Gasteiger partial charge is 0.296 e. The summed E-state index contributed by atoms with van der Waals surface area (Å²) < 4.78 is 8.37. The van der Waals surface area contributed by atoms with E-state index in [0.29, 0.717) is 22.5 Å². The average molecular weight is 391 g/mol. The van der Waals surface area contributed by atoms with Gasteiger partial charge in [0.05, 0.1) is 27.9 Å². The van der Waals surface area contributed by atoms with E-state index in [1.165, 1.54) is 11.3 Å². The quantitative estimate of drug-likeness (QED) is 0.679. The Kier molecular flexibility index (Phi) is 4.69. The monoisotopic (exact) mass is 390 g/mol. The summed E-state index contributed by atoms with van der Waals surface area (Å²) >= 11 is 7.78. The summed E-state index contributed by atoms with van der Waals surface area (Å²) in [7, 11) is 1.81. The summed E-state index contributed by atoms with van der Waals surface area (Å²) in [5, 5.41) is 1.27. The van der Waals surface area contributed by atoms with Gasteiger partial charge in [0.2, 0.25) is 0 Å². The van der Waals surface area contributed by atoms with Crippen LogP contribution >= 0.6 is 22.9 Å². The van der Waals surface area contributed by atoms with Crippen LogP contribution in [0.5, 0.6) is 0 Å². The number of nitrogens with zero attached hydrogens (tertiary/aromatic N) is 4. The van der Waals surface area contributed by atoms with Crippen molar-refractivity contribution in [2.24, 2.45) is 7.05 Å². The van der Waals surface area contributed by atoms with E-state index in [1.807, 2.05) is 26.1 Å². The number of fused-ring (bicyclic) bond motifs is 1. The second-order valence-corrected chi connectivity index (χ2v) is 7.84. The van der Waals surface area contributed by atoms with Crippen LogP contribution in [-0.4, -0.2) is 39.7 Å². The maximum atomic E-state index is 13.2. The van der Waals surface area contributed by atoms with Gasteiger partial charge in [-0.15, -0.1) is 0 Å². The minimum atomic E-state index is -0.180. The van der Waals surface area contributed by atoms with Gasteiger partial charge in [-0.3, -0.25) is 9.69 Å². The lowest BCUT2D eigenvalue weighted by atomic mass is 10.2. The van der Waals surface area contributed by atoms with Crippen LogP contribution < -0.4 is 4.90 Å². The molecule has 0 aliphatic carbocycles. The number of aromatic nitrogens is 3. The Morgan fingerprint density at radius 3 is 3.00 bits per heavy atom. The molecule has 3 heterocycles. The topological polar surface area (TPSA) is 60.2 Å². The van der Waals surface area contributed by atoms with E-state index in [1.54, 1.807) is 21.9 Å². The summed E-state index contributed by atoms with van der Waals surface area (Å²) in [6.07, 6.45) is 5.35. The Hall–Kier alpha value is -1.96. The van der Waals surface area contributed by atoms with Crippen molar-refractivity contribution in [2.45, 2.75) is 25.9 Å². The predicted octanol–water partition coefficient (Wildman–Crippen LogP) is 3.82. The van der Waals surface area contributed by atoms with Crippen molar-refractivity contribution in [2.75, 3.05) is 18.1 Å². The van der Waals surface area contributed by atoms with Gasteiger partial charge in [0.15, 0.2) is 11.0 Å². The number of anilines is 1. The summed E-state index contributed by atoms with van der Waals surface area (Å²) in [6.45, 7) is 3.19. The minimum Gasteiger partial charge on any atom is -0.376 e. The number of aryl methyl sites for hydroxylation is 2. The van der Waals surface area contributed by atoms with Crippen LogP contribution in [0.15, 0.2) is 24.5 Å². The molecular formula is C18H19ClN4O2S. The molecule has 1 atom stereocenters. The van der Waals surface area contributed by atoms with E-state index in [4.69, 9.17) is 21.3 Å². The fourth-order valence-electron chi connectivity index (χ4n) is 3.14. The zero-order valence-corrected chi connectivity index (χ0v) is 16.2. The molecule has 4 rings (SSSR count). The fraction of sp³-hybridized carbons (Fsp3) is 0.389. The molecule has 0 N–H and O–H groups in total. The molecule has 136 valence electrons. The van der Waals surface area contributed by atoms with Gasteiger partial charge in [0.25, 0.3) is 5.91 Å². The van der Waals surface area contributed by atoms with Crippen LogP contribution in [0.2, 0.25) is 5.02 Å². The number of ether oxygens (including phenoxy) is 1. The Labute approximate surface area is 160 Å². The number of hydrogen-bond acceptors (Lipinski definition) is 5. The number of imidazole rings is 1. The van der Waals surface area contributed by atoms with Crippen molar-refractivity contribution in [1.82, 2.24) is 14.5 Å². The van der Waals surface area contributed by atoms with Crippen molar-refractivity contribution in [3.8, 4) is 0 Å². The molecule has 2 aromatic heterocycles. The third kappa shape index (κ3) is 3.11. The van der Waals surface area contributed by atoms with Crippen molar-refractivity contribution >= 4 is 44.2 Å². The maximum Gasteiger partial charge on any atom is 0.296 e. The zero-order chi connectivity index (χ0) is 18.3. The number of rotatable bonds is 4. The highest BCUT2D eigenvalue weighted by Gasteiger charge is 2.29. The normalized spacial score (nSPS) is 17.1. The number of amides is 1. The molecule has 1 unspecified atom stereocenters. The summed E-state index contributed by atoms with van der Waals surface area (Å²) in [4.78, 5) is 23.8. The van der Waals surface area contributed by atoms with Crippen LogP contribution in [0.3, 0.4) is 0 Å². The molecule has 1 aromatic carbocycles. The van der Waals surface area contributed by atoms with Crippen LogP contribution in [0, 0.1) is 6.92 Å². The molecule has 0 saturated carbocycles. The van der Waals surface area contributed by atoms with Gasteiger partial charge in [-0.05, 0) is 31.4 Å². The first-order valence-electron chi connectivity index (χ1n) is 8.51. The van der Waals surface area contributed by atoms with Gasteiger partial charge in [-0.25, -0.2) is 9.97 Å². The van der Waals surface area contributed by atoms with Crippen molar-refractivity contribution < 1.29 is 9.53 Å². The first kappa shape index (κ1) is 17.5. The Balaban J connectivity index is 1.77. The number of hydrogen-bond donors (Lipinski definition) is 0. The van der Waals surface area contributed by atoms with Crippen LogP contribution in [0.4, 0.5) is 5.13 Å². The van der Waals surface area contributed by atoms with E-state index in [9.17, 15) is 4.79 Å². The first-order chi connectivity index (χ1) is 12.5. The number of carbonyl (C=O) groups excluding carboxylic acids is 1. The lowest BCUT2D eigenvalue weighted by Gasteiger charge is -2.22. The second kappa shape index (κ2) is 6.98. The van der Waals surface area contributed by atoms with E-state index >= 15 is 0 Å². The third-order valence-corrected chi connectivity index (χ3v) is 6.12. The molecule has 0 spiro atoms. The first-order valence-corrected chi connectivity index (χ1v) is 9.70. The van der Waals surface area contributed by atoms with Crippen molar-refractivity contribution in [1.29, 1.82) is 0 Å². The molecule has 1 aliphatic heterocycles. The largest absolute Gasteiger partial charge is 0.376 e. The van der Waals surface area contributed by atoms with Gasteiger partial charge >= 0.3 is 0 Å². The molecule has 1 aliphatic rings. The van der Waals surface area contributed by atoms with Gasteiger partial charge < -0.3 is 9.30 Å². The number of halogens is 1. The van der Waals surface area contributed by atoms with Crippen LogP contribution in [0.1, 0.15) is 29.0 Å². The lowest BCUT2D eigenvalue weighted by molar-refractivity contribution is 0.0906. The van der Waals surface area contributed by atoms with Crippen molar-refractivity contribution in [3.63, 3.8) is 0 Å². The second-order valence-electron chi connectivity index (χ2n) is 6.45. The minimum absolute atomic E-state index is 0.0165. The van der Waals surface area contributed by atoms with E-state index in [-0.39, 0.29) is 12.0 Å². The van der Waals surface area contributed by atoms with Crippen molar-refractivity contribution in [3.05, 3.63) is 40.9 Å². The maximum absolute atomic E-state index is 13.2. The molecule has 8 heteroatoms. The van der Waals surface area contributed by atoms with Gasteiger partial charge in [-0.2, -0.15) is 0 Å². The lowest BCUT2D eigenvalue weighted by Crippen LogP contribution is -2.38. The van der Waals surface area contributed by atoms with E-state index in [2.05, 4.69) is 4.98 Å². The molecule has 1 saturated heterocycles. The highest BCUT2D eigenvalue weighted by atomic mass is 35.5. The average Bonchev–Trinajstić information content (AvgIpc) is 3.36. The molecule has 6 nitrogen and oxygen atoms in total. The fourth-order valence-corrected chi connectivity index (χ4v) is 4.46. The Morgan fingerprint density at radius 1 is 1.50 bits per heavy atom. The Bertz CT molecular complexity index is 922. The highest BCUT2D eigenvalue weighted by Crippen LogP contribution is 2.36. The van der Waals surface area contributed by atoms with E-state index < -0.39 is 0 Å². The molecule has 0 radical (unpaired) electrons. The molecule has 26 heavy (non-hydrogen) atoms. The number of carbonyl (C=O) groups is 1. The SMILES string of the molecule is Cc1ccc(Cl)c2sc(N(CC3CCCO3)C(=O)c3nccn3C)nc12. The number of benzene rings is 1. The standard InChI is InChI=1S/C18H19ClN4O2S/c1-11-5-6-13(19)15-14(11)21-18(26-15)23(10-12-4-3-9-25-12)17(24)16-20-7-8-22(16)2/h5-8,12H,3-4,9-10H2,1-2H3. The summed E-state index contributed by atoms with van der Waals surface area (Å²) in [6, 6.07) is 3.81. The molecule has 0 bridgehead atoms. The van der Waals surface area contributed by atoms with Gasteiger partial charge in [0, 0.05) is 26.0 Å². The number of thiazole rings is 1. The van der Waals surface area contributed by atoms with Gasteiger partial charge in [-0.1, -0.05) is 29.0 Å². The Morgan fingerprint density at radius 2 is 2.35 bits per heavy atom. The van der Waals surface area contributed by atoms with E-state index in [0.717, 1.165) is 35.2 Å². The summed E-state index contributed by atoms with van der Waals surface area (Å²) in [5.74, 6) is 0.200.